The van der Waals surface area contributed by atoms with Crippen molar-refractivity contribution >= 4 is 17.7 Å². The van der Waals surface area contributed by atoms with Crippen LogP contribution in [0.2, 0.25) is 5.02 Å². The Morgan fingerprint density at radius 1 is 1.08 bits per heavy atom. The maximum absolute atomic E-state index is 13.1. The van der Waals surface area contributed by atoms with Crippen LogP contribution in [-0.2, 0) is 0 Å². The molecule has 1 N–H and O–H groups in total. The molecule has 2 aromatic carbocycles. The first-order valence-electron chi connectivity index (χ1n) is 8.84. The van der Waals surface area contributed by atoms with Crippen LogP contribution in [0, 0.1) is 5.82 Å². The van der Waals surface area contributed by atoms with Gasteiger partial charge in [0, 0.05) is 30.1 Å². The second-order valence-corrected chi connectivity index (χ2v) is 7.28. The van der Waals surface area contributed by atoms with E-state index in [4.69, 9.17) is 16.3 Å². The number of carbonyl (C=O) groups excluding carboxylic acids is 1. The highest BCUT2D eigenvalue weighted by Crippen LogP contribution is 2.36. The highest BCUT2D eigenvalue weighted by Gasteiger charge is 2.44. The molecule has 0 aromatic heterocycles. The lowest BCUT2D eigenvalue weighted by Crippen LogP contribution is -2.47. The largest absolute Gasteiger partial charge is 0.415 e. The Hall–Kier alpha value is -2.11. The number of rotatable bonds is 4. The molecule has 1 amide bonds. The maximum atomic E-state index is 13.1. The molecule has 2 atom stereocenters. The van der Waals surface area contributed by atoms with E-state index in [1.165, 1.54) is 24.3 Å². The number of nitrogens with zero attached hydrogens (tertiary/aromatic N) is 1. The van der Waals surface area contributed by atoms with Crippen LogP contribution in [0.1, 0.15) is 24.3 Å². The molecule has 0 radical (unpaired) electrons. The second-order valence-electron chi connectivity index (χ2n) is 6.84. The monoisotopic (exact) mass is 374 g/mol. The van der Waals surface area contributed by atoms with Crippen molar-refractivity contribution in [1.82, 2.24) is 10.2 Å². The zero-order chi connectivity index (χ0) is 18.1. The summed E-state index contributed by atoms with van der Waals surface area (Å²) in [6.45, 7) is 1.53. The van der Waals surface area contributed by atoms with Crippen LogP contribution in [0.5, 0.6) is 5.75 Å². The van der Waals surface area contributed by atoms with Gasteiger partial charge in [-0.15, -0.1) is 0 Å². The fraction of sp³-hybridized carbons (Fsp3) is 0.350. The first-order chi connectivity index (χ1) is 12.6. The van der Waals surface area contributed by atoms with Crippen LogP contribution < -0.4 is 10.1 Å². The van der Waals surface area contributed by atoms with Gasteiger partial charge in [-0.25, -0.2) is 9.18 Å². The zero-order valence-electron chi connectivity index (χ0n) is 14.2. The summed E-state index contributed by atoms with van der Waals surface area (Å²) in [5, 5.41) is 4.09. The van der Waals surface area contributed by atoms with Gasteiger partial charge in [-0.3, -0.25) is 4.90 Å². The van der Waals surface area contributed by atoms with E-state index < -0.39 is 0 Å². The molecular formula is C20H20ClFN2O2. The van der Waals surface area contributed by atoms with Gasteiger partial charge in [0.05, 0.1) is 6.04 Å². The van der Waals surface area contributed by atoms with Crippen LogP contribution in [0.3, 0.4) is 0 Å². The van der Waals surface area contributed by atoms with Crippen molar-refractivity contribution in [1.29, 1.82) is 0 Å². The third-order valence-corrected chi connectivity index (χ3v) is 5.26. The Morgan fingerprint density at radius 3 is 2.42 bits per heavy atom. The van der Waals surface area contributed by atoms with E-state index in [-0.39, 0.29) is 29.9 Å². The Morgan fingerprint density at radius 2 is 1.77 bits per heavy atom. The molecule has 1 aliphatic heterocycles. The van der Waals surface area contributed by atoms with Gasteiger partial charge in [0.1, 0.15) is 11.6 Å². The topological polar surface area (TPSA) is 41.6 Å². The molecule has 2 aromatic rings. The minimum atomic E-state index is -0.369. The van der Waals surface area contributed by atoms with E-state index in [0.29, 0.717) is 10.8 Å². The molecule has 6 heteroatoms. The van der Waals surface area contributed by atoms with Gasteiger partial charge in [-0.2, -0.15) is 0 Å². The SMILES string of the molecule is O=C(Oc1ccc(F)cc1)N(C1CC1)[C@H]1CNC[C@@H]1c1ccc(Cl)cc1. The number of hydrogen-bond donors (Lipinski definition) is 1. The molecule has 1 aliphatic carbocycles. The summed E-state index contributed by atoms with van der Waals surface area (Å²) in [7, 11) is 0. The molecule has 1 saturated carbocycles. The van der Waals surface area contributed by atoms with Crippen molar-refractivity contribution in [2.24, 2.45) is 0 Å². The minimum Gasteiger partial charge on any atom is -0.410 e. The van der Waals surface area contributed by atoms with Gasteiger partial charge >= 0.3 is 6.09 Å². The number of amides is 1. The summed E-state index contributed by atoms with van der Waals surface area (Å²) in [6, 6.07) is 13.6. The second kappa shape index (κ2) is 7.25. The maximum Gasteiger partial charge on any atom is 0.415 e. The van der Waals surface area contributed by atoms with Crippen LogP contribution in [-0.4, -0.2) is 36.2 Å². The van der Waals surface area contributed by atoms with Crippen molar-refractivity contribution < 1.29 is 13.9 Å². The lowest BCUT2D eigenvalue weighted by molar-refractivity contribution is 0.126. The summed E-state index contributed by atoms with van der Waals surface area (Å²) in [5.41, 5.74) is 1.16. The Labute approximate surface area is 156 Å². The Kier molecular flexibility index (Phi) is 4.83. The number of ether oxygens (including phenoxy) is 1. The molecule has 0 bridgehead atoms. The summed E-state index contributed by atoms with van der Waals surface area (Å²) in [6.07, 6.45) is 1.61. The molecule has 26 heavy (non-hydrogen) atoms. The predicted molar refractivity (Wildman–Crippen MR) is 98.1 cm³/mol. The van der Waals surface area contributed by atoms with E-state index >= 15 is 0 Å². The third kappa shape index (κ3) is 3.69. The molecule has 2 fully saturated rings. The van der Waals surface area contributed by atoms with E-state index in [1.54, 1.807) is 0 Å². The summed E-state index contributed by atoms with van der Waals surface area (Å²) in [5.74, 6) is 0.191. The lowest BCUT2D eigenvalue weighted by atomic mass is 9.93. The summed E-state index contributed by atoms with van der Waals surface area (Å²) in [4.78, 5) is 14.7. The zero-order valence-corrected chi connectivity index (χ0v) is 15.0. The van der Waals surface area contributed by atoms with E-state index in [0.717, 1.165) is 31.5 Å². The van der Waals surface area contributed by atoms with Crippen LogP contribution >= 0.6 is 11.6 Å². The van der Waals surface area contributed by atoms with E-state index in [1.807, 2.05) is 29.2 Å². The third-order valence-electron chi connectivity index (χ3n) is 5.01. The van der Waals surface area contributed by atoms with E-state index in [2.05, 4.69) is 5.32 Å². The first-order valence-corrected chi connectivity index (χ1v) is 9.21. The number of carbonyl (C=O) groups is 1. The molecular weight excluding hydrogens is 355 g/mol. The van der Waals surface area contributed by atoms with Gasteiger partial charge < -0.3 is 10.1 Å². The predicted octanol–water partition coefficient (Wildman–Crippen LogP) is 4.20. The van der Waals surface area contributed by atoms with Crippen molar-refractivity contribution in [2.45, 2.75) is 30.8 Å². The molecule has 0 unspecified atom stereocenters. The number of nitrogens with one attached hydrogen (secondary N) is 1. The highest BCUT2D eigenvalue weighted by atomic mass is 35.5. The van der Waals surface area contributed by atoms with Gasteiger partial charge in [0.15, 0.2) is 0 Å². The van der Waals surface area contributed by atoms with Crippen LogP contribution in [0.4, 0.5) is 9.18 Å². The van der Waals surface area contributed by atoms with Crippen molar-refractivity contribution in [2.75, 3.05) is 13.1 Å². The summed E-state index contributed by atoms with van der Waals surface area (Å²) < 4.78 is 18.6. The van der Waals surface area contributed by atoms with Crippen molar-refractivity contribution in [3.8, 4) is 5.75 Å². The van der Waals surface area contributed by atoms with Crippen LogP contribution in [0.15, 0.2) is 48.5 Å². The molecule has 2 aliphatic rings. The minimum absolute atomic E-state index is 0.0247. The average Bonchev–Trinajstić information content (AvgIpc) is 3.35. The Bertz CT molecular complexity index is 777. The normalized spacial score (nSPS) is 22.2. The van der Waals surface area contributed by atoms with Gasteiger partial charge in [0.25, 0.3) is 0 Å². The standard InChI is InChI=1S/C20H20ClFN2O2/c21-14-3-1-13(2-4-14)18-11-23-12-19(18)24(16-7-8-16)20(25)26-17-9-5-15(22)6-10-17/h1-6,9-10,16,18-19,23H,7-8,11-12H2/t18-,19+/m1/s1. The molecule has 0 spiro atoms. The number of benzene rings is 2. The number of hydrogen-bond acceptors (Lipinski definition) is 3. The smallest absolute Gasteiger partial charge is 0.410 e. The Balaban J connectivity index is 1.54. The van der Waals surface area contributed by atoms with Crippen molar-refractivity contribution in [3.63, 3.8) is 0 Å². The molecule has 1 saturated heterocycles. The molecule has 1 heterocycles. The molecule has 4 nitrogen and oxygen atoms in total. The quantitative estimate of drug-likeness (QED) is 0.872. The van der Waals surface area contributed by atoms with Gasteiger partial charge in [0.2, 0.25) is 0 Å². The fourth-order valence-corrected chi connectivity index (χ4v) is 3.70. The number of halogens is 2. The molecule has 136 valence electrons. The van der Waals surface area contributed by atoms with E-state index in [9.17, 15) is 9.18 Å². The summed E-state index contributed by atoms with van der Waals surface area (Å²) >= 11 is 6.00. The van der Waals surface area contributed by atoms with Crippen molar-refractivity contribution in [3.05, 3.63) is 64.9 Å². The molecule has 4 rings (SSSR count). The highest BCUT2D eigenvalue weighted by molar-refractivity contribution is 6.30. The fourth-order valence-electron chi connectivity index (χ4n) is 3.57. The first kappa shape index (κ1) is 17.3. The average molecular weight is 375 g/mol. The van der Waals surface area contributed by atoms with Gasteiger partial charge in [-0.1, -0.05) is 23.7 Å². The van der Waals surface area contributed by atoms with Gasteiger partial charge in [-0.05, 0) is 54.8 Å². The van der Waals surface area contributed by atoms with Crippen LogP contribution in [0.25, 0.3) is 0 Å². The lowest BCUT2D eigenvalue weighted by Gasteiger charge is -2.32.